The Morgan fingerprint density at radius 1 is 1.24 bits per heavy atom. The fraction of sp³-hybridized carbons (Fsp3) is 0.316. The molecule has 0 heterocycles. The Morgan fingerprint density at radius 3 is 2.72 bits per heavy atom. The fourth-order valence-corrected chi connectivity index (χ4v) is 2.58. The predicted octanol–water partition coefficient (Wildman–Crippen LogP) is 4.17. The van der Waals surface area contributed by atoms with E-state index in [-0.39, 0.29) is 18.3 Å². The summed E-state index contributed by atoms with van der Waals surface area (Å²) in [4.78, 5) is 11.8. The van der Waals surface area contributed by atoms with Crippen LogP contribution in [0.2, 0.25) is 5.02 Å². The first-order valence-electron chi connectivity index (χ1n) is 8.05. The number of nitrogens with two attached hydrogens (primary N) is 1. The molecule has 136 valence electrons. The molecule has 0 radical (unpaired) electrons. The van der Waals surface area contributed by atoms with Gasteiger partial charge in [-0.3, -0.25) is 4.79 Å². The highest BCUT2D eigenvalue weighted by molar-refractivity contribution is 6.30. The first-order chi connectivity index (χ1) is 11.6. The number of nitrogens with one attached hydrogen (secondary N) is 1. The Hall–Kier alpha value is -1.91. The molecule has 0 aliphatic rings. The van der Waals surface area contributed by atoms with Crippen LogP contribution in [0.25, 0.3) is 0 Å². The largest absolute Gasteiger partial charge is 0.493 e. The van der Waals surface area contributed by atoms with E-state index in [2.05, 4.69) is 5.32 Å². The number of amides is 1. The van der Waals surface area contributed by atoms with Crippen LogP contribution < -0.4 is 15.8 Å². The first-order valence-corrected chi connectivity index (χ1v) is 8.43. The van der Waals surface area contributed by atoms with E-state index in [1.54, 1.807) is 6.07 Å². The molecule has 0 aliphatic heterocycles. The van der Waals surface area contributed by atoms with Gasteiger partial charge in [0, 0.05) is 23.7 Å². The smallest absolute Gasteiger partial charge is 0.220 e. The van der Waals surface area contributed by atoms with Gasteiger partial charge in [0.1, 0.15) is 5.75 Å². The second-order valence-corrected chi connectivity index (χ2v) is 6.10. The Balaban J connectivity index is 0.00000312. The van der Waals surface area contributed by atoms with Crippen molar-refractivity contribution in [1.82, 2.24) is 5.32 Å². The maximum atomic E-state index is 11.8. The number of carbonyl (C=O) groups excluding carboxylic acids is 1. The van der Waals surface area contributed by atoms with Crippen LogP contribution in [0, 0.1) is 6.92 Å². The van der Waals surface area contributed by atoms with Crippen LogP contribution in [0.15, 0.2) is 42.5 Å². The average molecular weight is 383 g/mol. The number of benzene rings is 2. The maximum absolute atomic E-state index is 11.8. The zero-order valence-electron chi connectivity index (χ0n) is 14.3. The van der Waals surface area contributed by atoms with Gasteiger partial charge in [-0.15, -0.1) is 12.4 Å². The standard InChI is InChI=1S/C19H23ClN2O2.ClH/c1-14-13-16(20)8-9-18(14)24-12-4-11-22-19(23)10-7-15-5-2-3-6-17(15)21;/h2-3,5-6,8-9,13H,4,7,10-12,21H2,1H3,(H,22,23);1H. The van der Waals surface area contributed by atoms with Crippen molar-refractivity contribution in [3.05, 3.63) is 58.6 Å². The SMILES string of the molecule is Cc1cc(Cl)ccc1OCCCNC(=O)CCc1ccccc1N.Cl. The van der Waals surface area contributed by atoms with Crippen molar-refractivity contribution in [2.75, 3.05) is 18.9 Å². The topological polar surface area (TPSA) is 64.3 Å². The van der Waals surface area contributed by atoms with Crippen molar-refractivity contribution < 1.29 is 9.53 Å². The minimum atomic E-state index is 0. The van der Waals surface area contributed by atoms with Gasteiger partial charge in [-0.25, -0.2) is 0 Å². The number of nitrogen functional groups attached to an aromatic ring is 1. The molecule has 0 aromatic heterocycles. The number of halogens is 2. The van der Waals surface area contributed by atoms with E-state index in [4.69, 9.17) is 22.1 Å². The highest BCUT2D eigenvalue weighted by Gasteiger charge is 2.04. The number of rotatable bonds is 8. The van der Waals surface area contributed by atoms with E-state index in [0.717, 1.165) is 29.0 Å². The van der Waals surface area contributed by atoms with Gasteiger partial charge in [0.15, 0.2) is 0 Å². The maximum Gasteiger partial charge on any atom is 0.220 e. The summed E-state index contributed by atoms with van der Waals surface area (Å²) in [5.41, 5.74) is 8.62. The van der Waals surface area contributed by atoms with Gasteiger partial charge in [-0.1, -0.05) is 29.8 Å². The molecule has 3 N–H and O–H groups in total. The summed E-state index contributed by atoms with van der Waals surface area (Å²) >= 11 is 5.91. The number of para-hydroxylation sites is 1. The van der Waals surface area contributed by atoms with Crippen LogP contribution in [0.3, 0.4) is 0 Å². The molecule has 4 nitrogen and oxygen atoms in total. The van der Waals surface area contributed by atoms with Crippen LogP contribution in [-0.2, 0) is 11.2 Å². The molecule has 0 saturated heterocycles. The summed E-state index contributed by atoms with van der Waals surface area (Å²) in [6, 6.07) is 13.2. The lowest BCUT2D eigenvalue weighted by atomic mass is 10.1. The van der Waals surface area contributed by atoms with Crippen molar-refractivity contribution in [2.45, 2.75) is 26.2 Å². The number of hydrogen-bond donors (Lipinski definition) is 2. The van der Waals surface area contributed by atoms with Crippen molar-refractivity contribution in [3.8, 4) is 5.75 Å². The van der Waals surface area contributed by atoms with Gasteiger partial charge in [-0.05, 0) is 55.2 Å². The number of aryl methyl sites for hydroxylation is 2. The normalized spacial score (nSPS) is 10.0. The highest BCUT2D eigenvalue weighted by atomic mass is 35.5. The molecule has 6 heteroatoms. The quantitative estimate of drug-likeness (QED) is 0.531. The van der Waals surface area contributed by atoms with Gasteiger partial charge < -0.3 is 15.8 Å². The van der Waals surface area contributed by atoms with Crippen molar-refractivity contribution in [1.29, 1.82) is 0 Å². The minimum Gasteiger partial charge on any atom is -0.493 e. The Labute approximate surface area is 160 Å². The third-order valence-electron chi connectivity index (χ3n) is 3.71. The van der Waals surface area contributed by atoms with E-state index in [1.807, 2.05) is 43.3 Å². The van der Waals surface area contributed by atoms with Gasteiger partial charge in [0.25, 0.3) is 0 Å². The lowest BCUT2D eigenvalue weighted by Crippen LogP contribution is -2.25. The summed E-state index contributed by atoms with van der Waals surface area (Å²) in [6.07, 6.45) is 1.84. The summed E-state index contributed by atoms with van der Waals surface area (Å²) in [6.45, 7) is 3.10. The Kier molecular flexibility index (Phi) is 9.17. The Morgan fingerprint density at radius 2 is 2.00 bits per heavy atom. The van der Waals surface area contributed by atoms with Gasteiger partial charge in [0.2, 0.25) is 5.91 Å². The lowest BCUT2D eigenvalue weighted by molar-refractivity contribution is -0.121. The van der Waals surface area contributed by atoms with Crippen molar-refractivity contribution in [2.24, 2.45) is 0 Å². The molecule has 1 amide bonds. The van der Waals surface area contributed by atoms with E-state index >= 15 is 0 Å². The summed E-state index contributed by atoms with van der Waals surface area (Å²) < 4.78 is 5.69. The van der Waals surface area contributed by atoms with Crippen LogP contribution in [0.1, 0.15) is 24.0 Å². The number of ether oxygens (including phenoxy) is 1. The summed E-state index contributed by atoms with van der Waals surface area (Å²) in [5.74, 6) is 0.853. The van der Waals surface area contributed by atoms with Gasteiger partial charge in [0.05, 0.1) is 6.61 Å². The lowest BCUT2D eigenvalue weighted by Gasteiger charge is -2.10. The summed E-state index contributed by atoms with van der Waals surface area (Å²) in [7, 11) is 0. The molecular weight excluding hydrogens is 359 g/mol. The number of carbonyl (C=O) groups is 1. The van der Waals surface area contributed by atoms with E-state index < -0.39 is 0 Å². The third-order valence-corrected chi connectivity index (χ3v) is 3.95. The molecule has 2 aromatic carbocycles. The second kappa shape index (κ2) is 10.9. The third kappa shape index (κ3) is 7.24. The number of anilines is 1. The second-order valence-electron chi connectivity index (χ2n) is 5.66. The van der Waals surface area contributed by atoms with Crippen molar-refractivity contribution in [3.63, 3.8) is 0 Å². The average Bonchev–Trinajstić information content (AvgIpc) is 2.55. The zero-order chi connectivity index (χ0) is 17.4. The molecule has 0 unspecified atom stereocenters. The predicted molar refractivity (Wildman–Crippen MR) is 106 cm³/mol. The van der Waals surface area contributed by atoms with E-state index in [9.17, 15) is 4.79 Å². The monoisotopic (exact) mass is 382 g/mol. The molecular formula is C19H24Cl2N2O2. The molecule has 2 aromatic rings. The summed E-state index contributed by atoms with van der Waals surface area (Å²) in [5, 5.41) is 3.60. The fourth-order valence-electron chi connectivity index (χ4n) is 2.36. The molecule has 0 bridgehead atoms. The molecule has 2 rings (SSSR count). The van der Waals surface area contributed by atoms with E-state index in [0.29, 0.717) is 31.0 Å². The Bertz CT molecular complexity index is 693. The first kappa shape index (κ1) is 21.1. The van der Waals surface area contributed by atoms with Crippen LogP contribution >= 0.6 is 24.0 Å². The highest BCUT2D eigenvalue weighted by Crippen LogP contribution is 2.21. The van der Waals surface area contributed by atoms with E-state index in [1.165, 1.54) is 0 Å². The van der Waals surface area contributed by atoms with Gasteiger partial charge in [-0.2, -0.15) is 0 Å². The molecule has 0 aliphatic carbocycles. The van der Waals surface area contributed by atoms with Crippen molar-refractivity contribution >= 4 is 35.6 Å². The number of hydrogen-bond acceptors (Lipinski definition) is 3. The van der Waals surface area contributed by atoms with Crippen LogP contribution in [0.5, 0.6) is 5.75 Å². The molecule has 0 atom stereocenters. The zero-order valence-corrected chi connectivity index (χ0v) is 15.8. The van der Waals surface area contributed by atoms with Gasteiger partial charge >= 0.3 is 0 Å². The molecule has 25 heavy (non-hydrogen) atoms. The van der Waals surface area contributed by atoms with Crippen LogP contribution in [0.4, 0.5) is 5.69 Å². The molecule has 0 spiro atoms. The van der Waals surface area contributed by atoms with Crippen LogP contribution in [-0.4, -0.2) is 19.1 Å². The molecule has 0 saturated carbocycles. The molecule has 0 fully saturated rings. The minimum absolute atomic E-state index is 0.